The normalized spacial score (nSPS) is 10.9. The van der Waals surface area contributed by atoms with Crippen LogP contribution in [0.2, 0.25) is 0 Å². The van der Waals surface area contributed by atoms with Crippen LogP contribution in [-0.4, -0.2) is 19.2 Å². The molecule has 29 heavy (non-hydrogen) atoms. The van der Waals surface area contributed by atoms with Crippen LogP contribution in [0, 0.1) is 0 Å². The molecule has 0 atom stereocenters. The van der Waals surface area contributed by atoms with Crippen LogP contribution < -0.4 is 10.2 Å². The number of hydrogen-bond donors (Lipinski definition) is 1. The second-order valence-corrected chi connectivity index (χ2v) is 6.55. The first-order chi connectivity index (χ1) is 14.3. The van der Waals surface area contributed by atoms with Crippen LogP contribution in [0.4, 0.5) is 0 Å². The molecule has 1 amide bonds. The molecule has 4 rings (SSSR count). The van der Waals surface area contributed by atoms with Gasteiger partial charge in [0, 0.05) is 11.1 Å². The summed E-state index contributed by atoms with van der Waals surface area (Å²) in [6.07, 6.45) is 1.62. The maximum Gasteiger partial charge on any atom is 0.271 e. The number of fused-ring (bicyclic) bond motifs is 1. The minimum Gasteiger partial charge on any atom is -0.496 e. The van der Waals surface area contributed by atoms with Gasteiger partial charge in [-0.05, 0) is 40.1 Å². The van der Waals surface area contributed by atoms with E-state index in [4.69, 9.17) is 4.74 Å². The molecule has 0 aliphatic rings. The maximum absolute atomic E-state index is 12.4. The van der Waals surface area contributed by atoms with E-state index >= 15 is 0 Å². The van der Waals surface area contributed by atoms with Crippen LogP contribution in [-0.2, 0) is 0 Å². The molecule has 4 aromatic rings. The molecule has 4 nitrogen and oxygen atoms in total. The number of benzene rings is 4. The smallest absolute Gasteiger partial charge is 0.271 e. The van der Waals surface area contributed by atoms with Crippen molar-refractivity contribution in [3.63, 3.8) is 0 Å². The zero-order valence-corrected chi connectivity index (χ0v) is 16.0. The van der Waals surface area contributed by atoms with E-state index in [1.165, 1.54) is 0 Å². The molecule has 0 unspecified atom stereocenters. The fraction of sp³-hybridized carbons (Fsp3) is 0.0400. The van der Waals surface area contributed by atoms with Gasteiger partial charge < -0.3 is 4.74 Å². The number of hydrogen-bond acceptors (Lipinski definition) is 3. The molecule has 142 valence electrons. The second-order valence-electron chi connectivity index (χ2n) is 6.55. The number of hydrazone groups is 1. The Labute approximate surface area is 169 Å². The molecule has 0 aliphatic heterocycles. The fourth-order valence-corrected chi connectivity index (χ4v) is 3.25. The fourth-order valence-electron chi connectivity index (χ4n) is 3.25. The number of methoxy groups -OCH3 is 1. The molecule has 4 heteroatoms. The molecule has 0 aliphatic carbocycles. The molecule has 0 aromatic heterocycles. The number of rotatable bonds is 5. The van der Waals surface area contributed by atoms with Crippen LogP contribution >= 0.6 is 0 Å². The highest BCUT2D eigenvalue weighted by atomic mass is 16.5. The Morgan fingerprint density at radius 1 is 0.828 bits per heavy atom. The second kappa shape index (κ2) is 8.40. The van der Waals surface area contributed by atoms with E-state index in [2.05, 4.69) is 10.5 Å². The molecule has 0 saturated carbocycles. The van der Waals surface area contributed by atoms with Gasteiger partial charge in [0.25, 0.3) is 5.91 Å². The Kier molecular flexibility index (Phi) is 5.34. The summed E-state index contributed by atoms with van der Waals surface area (Å²) in [5, 5.41) is 6.24. The average molecular weight is 380 g/mol. The van der Waals surface area contributed by atoms with Crippen LogP contribution in [0.5, 0.6) is 5.75 Å². The summed E-state index contributed by atoms with van der Waals surface area (Å²) >= 11 is 0. The van der Waals surface area contributed by atoms with E-state index in [1.807, 2.05) is 78.9 Å². The summed E-state index contributed by atoms with van der Waals surface area (Å²) in [4.78, 5) is 12.4. The quantitative estimate of drug-likeness (QED) is 0.378. The summed E-state index contributed by atoms with van der Waals surface area (Å²) in [6, 6.07) is 29.4. The van der Waals surface area contributed by atoms with Crippen molar-refractivity contribution < 1.29 is 9.53 Å². The topological polar surface area (TPSA) is 50.7 Å². The molecule has 0 fully saturated rings. The van der Waals surface area contributed by atoms with Crippen LogP contribution in [0.15, 0.2) is 96.1 Å². The van der Waals surface area contributed by atoms with Gasteiger partial charge >= 0.3 is 0 Å². The Bertz CT molecular complexity index is 1170. The molecule has 0 saturated heterocycles. The number of nitrogens with zero attached hydrogens (tertiary/aromatic N) is 1. The van der Waals surface area contributed by atoms with E-state index < -0.39 is 0 Å². The number of carbonyl (C=O) groups excluding carboxylic acids is 1. The largest absolute Gasteiger partial charge is 0.496 e. The highest BCUT2D eigenvalue weighted by molar-refractivity contribution is 6.03. The molecule has 0 radical (unpaired) electrons. The molecular weight excluding hydrogens is 360 g/mol. The summed E-state index contributed by atoms with van der Waals surface area (Å²) < 4.78 is 5.45. The van der Waals surface area contributed by atoms with Gasteiger partial charge in [-0.25, -0.2) is 5.43 Å². The minimum absolute atomic E-state index is 0.264. The van der Waals surface area contributed by atoms with E-state index in [1.54, 1.807) is 25.5 Å². The lowest BCUT2D eigenvalue weighted by atomic mass is 10.0. The van der Waals surface area contributed by atoms with Gasteiger partial charge in [-0.1, -0.05) is 72.8 Å². The maximum atomic E-state index is 12.4. The van der Waals surface area contributed by atoms with E-state index in [-0.39, 0.29) is 5.91 Å². The lowest BCUT2D eigenvalue weighted by Gasteiger charge is -2.08. The standard InChI is InChI=1S/C25H20N2O2/c1-29-24-16-15-20-9-5-6-10-22(20)23(24)17-26-27-25(28)21-13-11-19(12-14-21)18-7-3-2-4-8-18/h2-17H,1H3,(H,27,28). The molecule has 4 aromatic carbocycles. The Morgan fingerprint density at radius 3 is 2.28 bits per heavy atom. The number of nitrogens with one attached hydrogen (secondary N) is 1. The Balaban J connectivity index is 1.51. The van der Waals surface area contributed by atoms with Gasteiger partial charge in [0.15, 0.2) is 0 Å². The zero-order valence-electron chi connectivity index (χ0n) is 16.0. The molecule has 0 spiro atoms. The van der Waals surface area contributed by atoms with Crippen molar-refractivity contribution in [2.45, 2.75) is 0 Å². The third-order valence-corrected chi connectivity index (χ3v) is 4.76. The van der Waals surface area contributed by atoms with Crippen LogP contribution in [0.25, 0.3) is 21.9 Å². The van der Waals surface area contributed by atoms with Gasteiger partial charge in [0.2, 0.25) is 0 Å². The van der Waals surface area contributed by atoms with Gasteiger partial charge in [-0.2, -0.15) is 5.10 Å². The molecule has 1 N–H and O–H groups in total. The van der Waals surface area contributed by atoms with Gasteiger partial charge in [-0.15, -0.1) is 0 Å². The van der Waals surface area contributed by atoms with E-state index in [9.17, 15) is 4.79 Å². The summed E-state index contributed by atoms with van der Waals surface area (Å²) in [7, 11) is 1.62. The van der Waals surface area contributed by atoms with Crippen molar-refractivity contribution in [2.24, 2.45) is 5.10 Å². The van der Waals surface area contributed by atoms with Gasteiger partial charge in [-0.3, -0.25) is 4.79 Å². The van der Waals surface area contributed by atoms with Crippen LogP contribution in [0.3, 0.4) is 0 Å². The highest BCUT2D eigenvalue weighted by Gasteiger charge is 2.07. The lowest BCUT2D eigenvalue weighted by molar-refractivity contribution is 0.0955. The summed E-state index contributed by atoms with van der Waals surface area (Å²) in [5.41, 5.74) is 6.14. The van der Waals surface area contributed by atoms with Crippen molar-refractivity contribution in [3.05, 3.63) is 102 Å². The van der Waals surface area contributed by atoms with E-state index in [0.29, 0.717) is 11.3 Å². The number of carbonyl (C=O) groups is 1. The zero-order chi connectivity index (χ0) is 20.1. The van der Waals surface area contributed by atoms with Gasteiger partial charge in [0.1, 0.15) is 5.75 Å². The van der Waals surface area contributed by atoms with Crippen molar-refractivity contribution in [3.8, 4) is 16.9 Å². The third kappa shape index (κ3) is 4.01. The SMILES string of the molecule is COc1ccc2ccccc2c1C=NNC(=O)c1ccc(-c2ccccc2)cc1. The predicted molar refractivity (Wildman–Crippen MR) is 117 cm³/mol. The summed E-state index contributed by atoms with van der Waals surface area (Å²) in [6.45, 7) is 0. The first kappa shape index (κ1) is 18.4. The average Bonchev–Trinajstić information content (AvgIpc) is 2.79. The monoisotopic (exact) mass is 380 g/mol. The van der Waals surface area contributed by atoms with Crippen molar-refractivity contribution in [1.82, 2.24) is 5.43 Å². The predicted octanol–water partition coefficient (Wildman–Crippen LogP) is 5.28. The Morgan fingerprint density at radius 2 is 1.52 bits per heavy atom. The summed E-state index contributed by atoms with van der Waals surface area (Å²) in [5.74, 6) is 0.439. The number of amides is 1. The molecule has 0 bridgehead atoms. The Hall–Kier alpha value is -3.92. The van der Waals surface area contributed by atoms with Gasteiger partial charge in [0.05, 0.1) is 13.3 Å². The minimum atomic E-state index is -0.264. The third-order valence-electron chi connectivity index (χ3n) is 4.76. The molecular formula is C25H20N2O2. The first-order valence-corrected chi connectivity index (χ1v) is 9.31. The number of ether oxygens (including phenoxy) is 1. The van der Waals surface area contributed by atoms with Crippen molar-refractivity contribution >= 4 is 22.9 Å². The van der Waals surface area contributed by atoms with Crippen molar-refractivity contribution in [1.29, 1.82) is 0 Å². The first-order valence-electron chi connectivity index (χ1n) is 9.31. The van der Waals surface area contributed by atoms with Crippen molar-refractivity contribution in [2.75, 3.05) is 7.11 Å². The van der Waals surface area contributed by atoms with E-state index in [0.717, 1.165) is 27.5 Å². The lowest BCUT2D eigenvalue weighted by Crippen LogP contribution is -2.17. The van der Waals surface area contributed by atoms with Crippen LogP contribution in [0.1, 0.15) is 15.9 Å². The molecule has 0 heterocycles. The highest BCUT2D eigenvalue weighted by Crippen LogP contribution is 2.26.